The van der Waals surface area contributed by atoms with E-state index in [9.17, 15) is 5.11 Å². The molecule has 4 heteroatoms. The molecule has 1 aromatic heterocycles. The van der Waals surface area contributed by atoms with Crippen molar-refractivity contribution in [2.45, 2.75) is 13.2 Å². The molecule has 1 heterocycles. The minimum absolute atomic E-state index is 0.0286. The second-order valence-corrected chi connectivity index (χ2v) is 6.20. The standard InChI is InChI=1S/C16H13BrO2S/c17-14-6-3-4-11(8-18)16(14)19-9-12-10-20-15-7-2-1-5-13(12)15/h1-7,10,18H,8-9H2. The van der Waals surface area contributed by atoms with Crippen LogP contribution in [0.25, 0.3) is 10.1 Å². The summed E-state index contributed by atoms with van der Waals surface area (Å²) in [5.74, 6) is 0.713. The number of rotatable bonds is 4. The summed E-state index contributed by atoms with van der Waals surface area (Å²) in [5, 5.41) is 12.7. The zero-order valence-corrected chi connectivity index (χ0v) is 13.1. The van der Waals surface area contributed by atoms with Gasteiger partial charge in [0.05, 0.1) is 11.1 Å². The fourth-order valence-electron chi connectivity index (χ4n) is 2.13. The Kier molecular flexibility index (Phi) is 4.05. The Morgan fingerprint density at radius 2 is 1.90 bits per heavy atom. The molecule has 0 unspecified atom stereocenters. The molecular formula is C16H13BrO2S. The van der Waals surface area contributed by atoms with E-state index in [-0.39, 0.29) is 6.61 Å². The van der Waals surface area contributed by atoms with E-state index in [1.165, 1.54) is 15.6 Å². The molecule has 0 aliphatic rings. The summed E-state index contributed by atoms with van der Waals surface area (Å²) in [5.41, 5.74) is 1.96. The van der Waals surface area contributed by atoms with Gasteiger partial charge < -0.3 is 9.84 Å². The van der Waals surface area contributed by atoms with E-state index in [1.807, 2.05) is 30.3 Å². The van der Waals surface area contributed by atoms with Gasteiger partial charge in [0.1, 0.15) is 12.4 Å². The molecule has 0 aliphatic carbocycles. The van der Waals surface area contributed by atoms with Gasteiger partial charge >= 0.3 is 0 Å². The number of hydrogen-bond donors (Lipinski definition) is 1. The maximum atomic E-state index is 9.37. The Hall–Kier alpha value is -1.36. The Morgan fingerprint density at radius 1 is 1.05 bits per heavy atom. The number of thiophene rings is 1. The van der Waals surface area contributed by atoms with Crippen LogP contribution in [-0.4, -0.2) is 5.11 Å². The van der Waals surface area contributed by atoms with Gasteiger partial charge in [-0.2, -0.15) is 0 Å². The summed E-state index contributed by atoms with van der Waals surface area (Å²) < 4.78 is 8.04. The third-order valence-corrected chi connectivity index (χ3v) is 4.79. The largest absolute Gasteiger partial charge is 0.487 e. The topological polar surface area (TPSA) is 29.5 Å². The highest BCUT2D eigenvalue weighted by Gasteiger charge is 2.09. The first-order valence-electron chi connectivity index (χ1n) is 6.25. The van der Waals surface area contributed by atoms with Crippen molar-refractivity contribution < 1.29 is 9.84 Å². The zero-order chi connectivity index (χ0) is 13.9. The van der Waals surface area contributed by atoms with E-state index in [1.54, 1.807) is 11.3 Å². The SMILES string of the molecule is OCc1cccc(Br)c1OCc1csc2ccccc12. The highest BCUT2D eigenvalue weighted by Crippen LogP contribution is 2.32. The van der Waals surface area contributed by atoms with Gasteiger partial charge in [-0.15, -0.1) is 11.3 Å². The monoisotopic (exact) mass is 348 g/mol. The van der Waals surface area contributed by atoms with Gasteiger partial charge in [0.15, 0.2) is 0 Å². The van der Waals surface area contributed by atoms with Crippen LogP contribution in [0.15, 0.2) is 52.3 Å². The maximum absolute atomic E-state index is 9.37. The molecule has 0 saturated heterocycles. The Morgan fingerprint density at radius 3 is 2.75 bits per heavy atom. The molecule has 0 fully saturated rings. The molecule has 0 atom stereocenters. The van der Waals surface area contributed by atoms with Crippen LogP contribution in [0.5, 0.6) is 5.75 Å². The number of ether oxygens (including phenoxy) is 1. The van der Waals surface area contributed by atoms with Crippen molar-refractivity contribution in [1.29, 1.82) is 0 Å². The fraction of sp³-hybridized carbons (Fsp3) is 0.125. The van der Waals surface area contributed by atoms with Crippen LogP contribution in [-0.2, 0) is 13.2 Å². The van der Waals surface area contributed by atoms with Gasteiger partial charge in [0.2, 0.25) is 0 Å². The maximum Gasteiger partial charge on any atom is 0.139 e. The van der Waals surface area contributed by atoms with Crippen molar-refractivity contribution in [3.05, 3.63) is 63.4 Å². The number of benzene rings is 2. The molecule has 102 valence electrons. The normalized spacial score (nSPS) is 10.9. The highest BCUT2D eigenvalue weighted by atomic mass is 79.9. The van der Waals surface area contributed by atoms with Crippen molar-refractivity contribution in [2.24, 2.45) is 0 Å². The molecule has 2 nitrogen and oxygen atoms in total. The van der Waals surface area contributed by atoms with Crippen molar-refractivity contribution in [3.63, 3.8) is 0 Å². The molecule has 1 N–H and O–H groups in total. The lowest BCUT2D eigenvalue weighted by molar-refractivity contribution is 0.258. The Labute approximate surface area is 129 Å². The summed E-state index contributed by atoms with van der Waals surface area (Å²) in [6, 6.07) is 14.0. The van der Waals surface area contributed by atoms with E-state index in [4.69, 9.17) is 4.74 Å². The molecule has 3 aromatic rings. The average Bonchev–Trinajstić information content (AvgIpc) is 2.89. The van der Waals surface area contributed by atoms with E-state index < -0.39 is 0 Å². The third-order valence-electron chi connectivity index (χ3n) is 3.15. The first-order chi connectivity index (χ1) is 9.79. The van der Waals surface area contributed by atoms with Crippen LogP contribution < -0.4 is 4.74 Å². The average molecular weight is 349 g/mol. The molecule has 0 saturated carbocycles. The van der Waals surface area contributed by atoms with Crippen molar-refractivity contribution in [1.82, 2.24) is 0 Å². The number of fused-ring (bicyclic) bond motifs is 1. The number of halogens is 1. The van der Waals surface area contributed by atoms with Gasteiger partial charge in [-0.1, -0.05) is 30.3 Å². The quantitative estimate of drug-likeness (QED) is 0.738. The molecular weight excluding hydrogens is 336 g/mol. The zero-order valence-electron chi connectivity index (χ0n) is 10.7. The van der Waals surface area contributed by atoms with Gasteiger partial charge in [-0.05, 0) is 38.8 Å². The minimum atomic E-state index is -0.0286. The molecule has 0 spiro atoms. The van der Waals surface area contributed by atoms with Gasteiger partial charge in [0.25, 0.3) is 0 Å². The van der Waals surface area contributed by atoms with Crippen LogP contribution in [0.2, 0.25) is 0 Å². The Balaban J connectivity index is 1.87. The third kappa shape index (κ3) is 2.59. The van der Waals surface area contributed by atoms with Crippen molar-refractivity contribution in [2.75, 3.05) is 0 Å². The predicted molar refractivity (Wildman–Crippen MR) is 86.2 cm³/mol. The number of aliphatic hydroxyl groups is 1. The second-order valence-electron chi connectivity index (χ2n) is 4.43. The fourth-order valence-corrected chi connectivity index (χ4v) is 3.60. The van der Waals surface area contributed by atoms with Crippen LogP contribution in [0, 0.1) is 0 Å². The van der Waals surface area contributed by atoms with E-state index in [2.05, 4.69) is 33.4 Å². The molecule has 0 aliphatic heterocycles. The minimum Gasteiger partial charge on any atom is -0.487 e. The molecule has 0 radical (unpaired) electrons. The van der Waals surface area contributed by atoms with Gasteiger partial charge in [0, 0.05) is 15.8 Å². The second kappa shape index (κ2) is 5.95. The van der Waals surface area contributed by atoms with Crippen LogP contribution in [0.3, 0.4) is 0 Å². The number of aliphatic hydroxyl groups excluding tert-OH is 1. The molecule has 20 heavy (non-hydrogen) atoms. The summed E-state index contributed by atoms with van der Waals surface area (Å²) >= 11 is 5.19. The molecule has 0 bridgehead atoms. The lowest BCUT2D eigenvalue weighted by Gasteiger charge is -2.11. The predicted octanol–water partition coefficient (Wildman–Crippen LogP) is 4.74. The van der Waals surface area contributed by atoms with Gasteiger partial charge in [-0.3, -0.25) is 0 Å². The summed E-state index contributed by atoms with van der Waals surface area (Å²) in [7, 11) is 0. The van der Waals surface area contributed by atoms with Crippen molar-refractivity contribution >= 4 is 37.4 Å². The first kappa shape index (κ1) is 13.6. The number of para-hydroxylation sites is 1. The van der Waals surface area contributed by atoms with Gasteiger partial charge in [-0.25, -0.2) is 0 Å². The molecule has 0 amide bonds. The molecule has 3 rings (SSSR count). The lowest BCUT2D eigenvalue weighted by atomic mass is 10.2. The molecule has 2 aromatic carbocycles. The van der Waals surface area contributed by atoms with E-state index >= 15 is 0 Å². The number of hydrogen-bond acceptors (Lipinski definition) is 3. The smallest absolute Gasteiger partial charge is 0.139 e. The lowest BCUT2D eigenvalue weighted by Crippen LogP contribution is -1.99. The van der Waals surface area contributed by atoms with Crippen LogP contribution >= 0.6 is 27.3 Å². The van der Waals surface area contributed by atoms with Crippen LogP contribution in [0.4, 0.5) is 0 Å². The Bertz CT molecular complexity index is 736. The van der Waals surface area contributed by atoms with Crippen molar-refractivity contribution in [3.8, 4) is 5.75 Å². The van der Waals surface area contributed by atoms with E-state index in [0.29, 0.717) is 12.4 Å². The van der Waals surface area contributed by atoms with Crippen LogP contribution in [0.1, 0.15) is 11.1 Å². The summed E-state index contributed by atoms with van der Waals surface area (Å²) in [6.45, 7) is 0.471. The highest BCUT2D eigenvalue weighted by molar-refractivity contribution is 9.10. The summed E-state index contributed by atoms with van der Waals surface area (Å²) in [4.78, 5) is 0. The first-order valence-corrected chi connectivity index (χ1v) is 7.93. The van der Waals surface area contributed by atoms with E-state index in [0.717, 1.165) is 10.0 Å². The summed E-state index contributed by atoms with van der Waals surface area (Å²) in [6.07, 6.45) is 0.